The molecular formula is C16H17NO4. The SMILES string of the molecule is CCN(CC1COc2ccccc2O1)C(=O)c1ccoc1. The highest BCUT2D eigenvalue weighted by molar-refractivity contribution is 5.93. The van der Waals surface area contributed by atoms with E-state index in [4.69, 9.17) is 13.9 Å². The van der Waals surface area contributed by atoms with Crippen molar-refractivity contribution < 1.29 is 18.7 Å². The first-order chi connectivity index (χ1) is 10.3. The first-order valence-electron chi connectivity index (χ1n) is 6.98. The molecule has 1 amide bonds. The van der Waals surface area contributed by atoms with E-state index < -0.39 is 0 Å². The summed E-state index contributed by atoms with van der Waals surface area (Å²) in [5, 5.41) is 0. The molecule has 1 atom stereocenters. The minimum Gasteiger partial charge on any atom is -0.486 e. The minimum absolute atomic E-state index is 0.0614. The normalized spacial score (nSPS) is 16.5. The van der Waals surface area contributed by atoms with E-state index in [0.29, 0.717) is 25.3 Å². The molecule has 110 valence electrons. The Morgan fingerprint density at radius 2 is 2.10 bits per heavy atom. The van der Waals surface area contributed by atoms with Gasteiger partial charge in [-0.1, -0.05) is 12.1 Å². The summed E-state index contributed by atoms with van der Waals surface area (Å²) in [5.74, 6) is 1.41. The van der Waals surface area contributed by atoms with Crippen LogP contribution in [0.25, 0.3) is 0 Å². The molecule has 0 fully saturated rings. The summed E-state index contributed by atoms with van der Waals surface area (Å²) in [5.41, 5.74) is 0.550. The van der Waals surface area contributed by atoms with Gasteiger partial charge in [-0.3, -0.25) is 4.79 Å². The van der Waals surface area contributed by atoms with Gasteiger partial charge in [0.2, 0.25) is 0 Å². The lowest BCUT2D eigenvalue weighted by atomic mass is 10.2. The first-order valence-corrected chi connectivity index (χ1v) is 6.98. The Balaban J connectivity index is 1.67. The van der Waals surface area contributed by atoms with E-state index >= 15 is 0 Å². The Morgan fingerprint density at radius 1 is 1.29 bits per heavy atom. The van der Waals surface area contributed by atoms with Crippen LogP contribution in [0.1, 0.15) is 17.3 Å². The molecule has 0 radical (unpaired) electrons. The van der Waals surface area contributed by atoms with Crippen molar-refractivity contribution in [3.63, 3.8) is 0 Å². The van der Waals surface area contributed by atoms with Gasteiger partial charge in [0.15, 0.2) is 17.6 Å². The van der Waals surface area contributed by atoms with E-state index in [9.17, 15) is 4.79 Å². The molecule has 0 aliphatic carbocycles. The highest BCUT2D eigenvalue weighted by atomic mass is 16.6. The number of fused-ring (bicyclic) bond motifs is 1. The number of hydrogen-bond donors (Lipinski definition) is 0. The third kappa shape index (κ3) is 2.86. The molecule has 0 saturated heterocycles. The van der Waals surface area contributed by atoms with E-state index in [0.717, 1.165) is 11.5 Å². The fourth-order valence-electron chi connectivity index (χ4n) is 2.32. The Hall–Kier alpha value is -2.43. The second kappa shape index (κ2) is 5.91. The number of likely N-dealkylation sites (N-methyl/N-ethyl adjacent to an activating group) is 1. The molecule has 1 aliphatic rings. The van der Waals surface area contributed by atoms with Crippen LogP contribution in [-0.2, 0) is 0 Å². The van der Waals surface area contributed by atoms with Crippen LogP contribution < -0.4 is 9.47 Å². The molecule has 0 saturated carbocycles. The van der Waals surface area contributed by atoms with Crippen molar-refractivity contribution in [1.29, 1.82) is 0 Å². The number of carbonyl (C=O) groups excluding carboxylic acids is 1. The smallest absolute Gasteiger partial charge is 0.257 e. The molecule has 0 spiro atoms. The van der Waals surface area contributed by atoms with Crippen LogP contribution in [0.3, 0.4) is 0 Å². The number of nitrogens with zero attached hydrogens (tertiary/aromatic N) is 1. The monoisotopic (exact) mass is 287 g/mol. The summed E-state index contributed by atoms with van der Waals surface area (Å²) in [7, 11) is 0. The van der Waals surface area contributed by atoms with Crippen molar-refractivity contribution in [3.8, 4) is 11.5 Å². The summed E-state index contributed by atoms with van der Waals surface area (Å²) >= 11 is 0. The van der Waals surface area contributed by atoms with Gasteiger partial charge in [-0.15, -0.1) is 0 Å². The van der Waals surface area contributed by atoms with Crippen molar-refractivity contribution in [3.05, 3.63) is 48.4 Å². The number of carbonyl (C=O) groups is 1. The molecule has 1 unspecified atom stereocenters. The first kappa shape index (κ1) is 13.5. The van der Waals surface area contributed by atoms with Gasteiger partial charge in [0.05, 0.1) is 18.4 Å². The molecule has 5 nitrogen and oxygen atoms in total. The van der Waals surface area contributed by atoms with E-state index in [1.54, 1.807) is 11.0 Å². The van der Waals surface area contributed by atoms with Gasteiger partial charge >= 0.3 is 0 Å². The maximum Gasteiger partial charge on any atom is 0.257 e. The second-order valence-corrected chi connectivity index (χ2v) is 4.85. The van der Waals surface area contributed by atoms with Crippen molar-refractivity contribution in [2.24, 2.45) is 0 Å². The van der Waals surface area contributed by atoms with E-state index in [-0.39, 0.29) is 12.0 Å². The van der Waals surface area contributed by atoms with Crippen molar-refractivity contribution in [2.75, 3.05) is 19.7 Å². The van der Waals surface area contributed by atoms with E-state index in [2.05, 4.69) is 0 Å². The van der Waals surface area contributed by atoms with E-state index in [1.165, 1.54) is 12.5 Å². The van der Waals surface area contributed by atoms with Crippen LogP contribution in [0.5, 0.6) is 11.5 Å². The Kier molecular flexibility index (Phi) is 3.81. The molecule has 2 aromatic rings. The highest BCUT2D eigenvalue weighted by Crippen LogP contribution is 2.31. The van der Waals surface area contributed by atoms with Gasteiger partial charge in [0, 0.05) is 6.54 Å². The predicted molar refractivity (Wildman–Crippen MR) is 76.6 cm³/mol. The van der Waals surface area contributed by atoms with Gasteiger partial charge in [-0.25, -0.2) is 0 Å². The summed E-state index contributed by atoms with van der Waals surface area (Å²) in [4.78, 5) is 14.1. The van der Waals surface area contributed by atoms with Gasteiger partial charge in [-0.2, -0.15) is 0 Å². The lowest BCUT2D eigenvalue weighted by Gasteiger charge is -2.30. The lowest BCUT2D eigenvalue weighted by Crippen LogP contribution is -2.43. The molecule has 1 aromatic heterocycles. The van der Waals surface area contributed by atoms with Gasteiger partial charge < -0.3 is 18.8 Å². The third-order valence-corrected chi connectivity index (χ3v) is 3.43. The fraction of sp³-hybridized carbons (Fsp3) is 0.312. The van der Waals surface area contributed by atoms with Crippen molar-refractivity contribution in [2.45, 2.75) is 13.0 Å². The zero-order valence-electron chi connectivity index (χ0n) is 11.8. The van der Waals surface area contributed by atoms with Gasteiger partial charge in [-0.05, 0) is 25.1 Å². The molecule has 0 bridgehead atoms. The summed E-state index contributed by atoms with van der Waals surface area (Å²) in [6.07, 6.45) is 2.78. The number of furan rings is 1. The Labute approximate surface area is 123 Å². The highest BCUT2D eigenvalue weighted by Gasteiger charge is 2.25. The minimum atomic E-state index is -0.171. The van der Waals surface area contributed by atoms with Crippen LogP contribution >= 0.6 is 0 Å². The average Bonchev–Trinajstić information content (AvgIpc) is 3.06. The molecular weight excluding hydrogens is 270 g/mol. The molecule has 21 heavy (non-hydrogen) atoms. The van der Waals surface area contributed by atoms with Crippen LogP contribution in [0.2, 0.25) is 0 Å². The van der Waals surface area contributed by atoms with Crippen LogP contribution in [0.4, 0.5) is 0 Å². The zero-order valence-corrected chi connectivity index (χ0v) is 11.8. The summed E-state index contributed by atoms with van der Waals surface area (Å²) in [6, 6.07) is 9.22. The summed E-state index contributed by atoms with van der Waals surface area (Å²) in [6.45, 7) is 3.46. The Bertz CT molecular complexity index is 608. The zero-order chi connectivity index (χ0) is 14.7. The van der Waals surface area contributed by atoms with Crippen LogP contribution in [0, 0.1) is 0 Å². The quantitative estimate of drug-likeness (QED) is 0.867. The van der Waals surface area contributed by atoms with Gasteiger partial charge in [0.25, 0.3) is 5.91 Å². The molecule has 2 heterocycles. The molecule has 1 aliphatic heterocycles. The van der Waals surface area contributed by atoms with Crippen LogP contribution in [0.15, 0.2) is 47.3 Å². The number of rotatable bonds is 4. The van der Waals surface area contributed by atoms with E-state index in [1.807, 2.05) is 31.2 Å². The topological polar surface area (TPSA) is 51.9 Å². The molecule has 3 rings (SSSR count). The number of amides is 1. The van der Waals surface area contributed by atoms with Crippen molar-refractivity contribution >= 4 is 5.91 Å². The largest absolute Gasteiger partial charge is 0.486 e. The standard InChI is InChI=1S/C16H17NO4/c1-2-17(16(18)12-7-8-19-10-12)9-13-11-20-14-5-3-4-6-15(14)21-13/h3-8,10,13H,2,9,11H2,1H3. The maximum absolute atomic E-state index is 12.3. The average molecular weight is 287 g/mol. The number of benzene rings is 1. The fourth-order valence-corrected chi connectivity index (χ4v) is 2.32. The second-order valence-electron chi connectivity index (χ2n) is 4.85. The third-order valence-electron chi connectivity index (χ3n) is 3.43. The molecule has 1 aromatic carbocycles. The lowest BCUT2D eigenvalue weighted by molar-refractivity contribution is 0.0474. The van der Waals surface area contributed by atoms with Crippen molar-refractivity contribution in [1.82, 2.24) is 4.90 Å². The molecule has 0 N–H and O–H groups in total. The van der Waals surface area contributed by atoms with Gasteiger partial charge in [0.1, 0.15) is 12.9 Å². The van der Waals surface area contributed by atoms with Crippen LogP contribution in [-0.4, -0.2) is 36.6 Å². The summed E-state index contributed by atoms with van der Waals surface area (Å²) < 4.78 is 16.5. The molecule has 5 heteroatoms. The number of para-hydroxylation sites is 2. The Morgan fingerprint density at radius 3 is 2.81 bits per heavy atom. The predicted octanol–water partition coefficient (Wildman–Crippen LogP) is 2.58. The maximum atomic E-state index is 12.3. The number of ether oxygens (including phenoxy) is 2. The number of hydrogen-bond acceptors (Lipinski definition) is 4.